The van der Waals surface area contributed by atoms with Crippen LogP contribution in [0.3, 0.4) is 0 Å². The molecule has 9 rings (SSSR count). The zero-order chi connectivity index (χ0) is 26.9. The van der Waals surface area contributed by atoms with Crippen molar-refractivity contribution >= 4 is 71.7 Å². The Morgan fingerprint density at radius 1 is 0.463 bits per heavy atom. The van der Waals surface area contributed by atoms with E-state index in [1.54, 1.807) is 0 Å². The maximum atomic E-state index is 6.56. The van der Waals surface area contributed by atoms with Crippen molar-refractivity contribution < 1.29 is 9.47 Å². The Bertz CT molecular complexity index is 2080. The summed E-state index contributed by atoms with van der Waals surface area (Å²) in [5, 5.41) is 2.47. The number of hydrogen-bond acceptors (Lipinski definition) is 4. The second kappa shape index (κ2) is 8.75. The molecular weight excluding hydrogens is 521 g/mol. The molecule has 192 valence electrons. The van der Waals surface area contributed by atoms with Gasteiger partial charge >= 0.3 is 0 Å². The zero-order valence-electron chi connectivity index (χ0n) is 22.0. The first-order valence-corrected chi connectivity index (χ1v) is 14.6. The Kier molecular flexibility index (Phi) is 4.86. The number of ether oxygens (including phenoxy) is 2. The Morgan fingerprint density at radius 3 is 1.85 bits per heavy atom. The quantitative estimate of drug-likeness (QED) is 0.210. The van der Waals surface area contributed by atoms with Gasteiger partial charge in [0, 0.05) is 42.7 Å². The highest BCUT2D eigenvalue weighted by Gasteiger charge is 2.40. The van der Waals surface area contributed by atoms with Crippen LogP contribution in [0.15, 0.2) is 133 Å². The molecular formula is C36H22BNO2S. The smallest absolute Gasteiger partial charge is 0.260 e. The maximum absolute atomic E-state index is 6.56. The van der Waals surface area contributed by atoms with Crippen LogP contribution in [-0.2, 0) is 0 Å². The molecule has 0 radical (unpaired) electrons. The van der Waals surface area contributed by atoms with E-state index in [0.29, 0.717) is 0 Å². The molecule has 5 heteroatoms. The van der Waals surface area contributed by atoms with Gasteiger partial charge in [-0.15, -0.1) is 11.3 Å². The van der Waals surface area contributed by atoms with Crippen LogP contribution in [-0.4, -0.2) is 6.71 Å². The van der Waals surface area contributed by atoms with Gasteiger partial charge in [0.05, 0.1) is 0 Å². The van der Waals surface area contributed by atoms with E-state index in [2.05, 4.69) is 120 Å². The van der Waals surface area contributed by atoms with Crippen molar-refractivity contribution in [1.82, 2.24) is 0 Å². The summed E-state index contributed by atoms with van der Waals surface area (Å²) >= 11 is 1.84. The molecule has 0 bridgehead atoms. The summed E-state index contributed by atoms with van der Waals surface area (Å²) in [6.45, 7) is 0.0757. The van der Waals surface area contributed by atoms with Crippen molar-refractivity contribution in [2.45, 2.75) is 0 Å². The lowest BCUT2D eigenvalue weighted by molar-refractivity contribution is 0.465. The number of thiophene rings is 1. The predicted molar refractivity (Wildman–Crippen MR) is 172 cm³/mol. The first-order chi connectivity index (χ1) is 20.3. The Labute approximate surface area is 241 Å². The van der Waals surface area contributed by atoms with Crippen LogP contribution in [0.4, 0.5) is 17.1 Å². The highest BCUT2D eigenvalue weighted by Crippen LogP contribution is 2.42. The minimum absolute atomic E-state index is 0.0757. The fourth-order valence-corrected chi connectivity index (χ4v) is 7.54. The minimum Gasteiger partial charge on any atom is -0.458 e. The number of anilines is 3. The largest absolute Gasteiger partial charge is 0.458 e. The monoisotopic (exact) mass is 543 g/mol. The summed E-state index contributed by atoms with van der Waals surface area (Å²) in [6.07, 6.45) is 0. The van der Waals surface area contributed by atoms with Crippen LogP contribution < -0.4 is 30.8 Å². The Balaban J connectivity index is 1.23. The van der Waals surface area contributed by atoms with E-state index in [0.717, 1.165) is 45.5 Å². The third kappa shape index (κ3) is 3.46. The van der Waals surface area contributed by atoms with Crippen LogP contribution in [0.2, 0.25) is 0 Å². The van der Waals surface area contributed by atoms with Crippen LogP contribution in [0, 0.1) is 0 Å². The van der Waals surface area contributed by atoms with Gasteiger partial charge < -0.3 is 14.4 Å². The molecule has 1 aromatic heterocycles. The maximum Gasteiger partial charge on any atom is 0.260 e. The molecule has 3 nitrogen and oxygen atoms in total. The van der Waals surface area contributed by atoms with E-state index in [1.807, 2.05) is 29.5 Å². The van der Waals surface area contributed by atoms with Crippen molar-refractivity contribution in [3.8, 4) is 23.0 Å². The molecule has 3 heterocycles. The molecule has 2 aliphatic heterocycles. The van der Waals surface area contributed by atoms with Crippen molar-refractivity contribution in [3.63, 3.8) is 0 Å². The molecule has 0 spiro atoms. The average Bonchev–Trinajstić information content (AvgIpc) is 3.38. The highest BCUT2D eigenvalue weighted by atomic mass is 32.1. The van der Waals surface area contributed by atoms with Gasteiger partial charge in [0.2, 0.25) is 0 Å². The van der Waals surface area contributed by atoms with Crippen molar-refractivity contribution in [3.05, 3.63) is 133 Å². The molecule has 0 aliphatic carbocycles. The second-order valence-corrected chi connectivity index (χ2v) is 11.6. The van der Waals surface area contributed by atoms with E-state index in [4.69, 9.17) is 9.47 Å². The van der Waals surface area contributed by atoms with E-state index >= 15 is 0 Å². The van der Waals surface area contributed by atoms with E-state index in [9.17, 15) is 0 Å². The van der Waals surface area contributed by atoms with Gasteiger partial charge in [-0.2, -0.15) is 0 Å². The van der Waals surface area contributed by atoms with Crippen LogP contribution in [0.1, 0.15) is 0 Å². The van der Waals surface area contributed by atoms with Gasteiger partial charge in [-0.3, -0.25) is 0 Å². The molecule has 0 fully saturated rings. The summed E-state index contributed by atoms with van der Waals surface area (Å²) in [5.74, 6) is 3.58. The number of para-hydroxylation sites is 3. The average molecular weight is 543 g/mol. The number of rotatable bonds is 3. The Morgan fingerprint density at radius 2 is 1.10 bits per heavy atom. The fraction of sp³-hybridized carbons (Fsp3) is 0. The van der Waals surface area contributed by atoms with E-state index in [-0.39, 0.29) is 6.71 Å². The highest BCUT2D eigenvalue weighted by molar-refractivity contribution is 7.26. The standard InChI is InChI=1S/C36H22BNO2S/c1-3-10-23(11-4-1)38(24-12-5-2-6-13-24)25-18-19-26-27-21-33-29(22-35(27)41-34(26)20-25)37-28-14-7-8-15-30(28)39-31-16-9-17-32(40-33)36(31)37/h1-22H. The third-order valence-corrected chi connectivity index (χ3v) is 9.29. The molecule has 7 aromatic rings. The van der Waals surface area contributed by atoms with Gasteiger partial charge in [-0.25, -0.2) is 0 Å². The lowest BCUT2D eigenvalue weighted by Crippen LogP contribution is -2.57. The fourth-order valence-electron chi connectivity index (χ4n) is 6.38. The first-order valence-electron chi connectivity index (χ1n) is 13.8. The first kappa shape index (κ1) is 22.8. The van der Waals surface area contributed by atoms with Gasteiger partial charge in [-0.05, 0) is 77.7 Å². The molecule has 0 N–H and O–H groups in total. The SMILES string of the molecule is c1ccc(N(c2ccccc2)c2ccc3c(c2)sc2cc4c(cc23)Oc2cccc3c2B4c2ccccc2O3)cc1. The third-order valence-electron chi connectivity index (χ3n) is 8.17. The summed E-state index contributed by atoms with van der Waals surface area (Å²) in [7, 11) is 0. The van der Waals surface area contributed by atoms with Gasteiger partial charge in [-0.1, -0.05) is 66.7 Å². The molecule has 0 saturated heterocycles. The molecule has 0 unspecified atom stereocenters. The lowest BCUT2D eigenvalue weighted by atomic mass is 9.35. The predicted octanol–water partition coefficient (Wildman–Crippen LogP) is 8.25. The Hall–Kier alpha value is -5.00. The number of benzene rings is 6. The van der Waals surface area contributed by atoms with Crippen LogP contribution in [0.5, 0.6) is 23.0 Å². The minimum atomic E-state index is 0.0757. The van der Waals surface area contributed by atoms with Crippen molar-refractivity contribution in [1.29, 1.82) is 0 Å². The van der Waals surface area contributed by atoms with E-state index in [1.165, 1.54) is 31.1 Å². The summed E-state index contributed by atoms with van der Waals surface area (Å²) in [6, 6.07) is 47.0. The summed E-state index contributed by atoms with van der Waals surface area (Å²) in [4.78, 5) is 2.31. The van der Waals surface area contributed by atoms with Gasteiger partial charge in [0.15, 0.2) is 0 Å². The molecule has 0 atom stereocenters. The number of hydrogen-bond donors (Lipinski definition) is 0. The normalized spacial score (nSPS) is 12.7. The van der Waals surface area contributed by atoms with Gasteiger partial charge in [0.25, 0.3) is 6.71 Å². The van der Waals surface area contributed by atoms with Crippen LogP contribution in [0.25, 0.3) is 20.2 Å². The summed E-state index contributed by atoms with van der Waals surface area (Å²) in [5.41, 5.74) is 6.89. The van der Waals surface area contributed by atoms with Crippen molar-refractivity contribution in [2.24, 2.45) is 0 Å². The molecule has 0 saturated carbocycles. The summed E-state index contributed by atoms with van der Waals surface area (Å²) < 4.78 is 15.4. The number of fused-ring (bicyclic) bond motifs is 7. The molecule has 0 amide bonds. The second-order valence-electron chi connectivity index (χ2n) is 10.5. The topological polar surface area (TPSA) is 21.7 Å². The van der Waals surface area contributed by atoms with Crippen molar-refractivity contribution in [2.75, 3.05) is 4.90 Å². The van der Waals surface area contributed by atoms with E-state index < -0.39 is 0 Å². The number of nitrogens with zero attached hydrogens (tertiary/aromatic N) is 1. The lowest BCUT2D eigenvalue weighted by Gasteiger charge is -2.32. The van der Waals surface area contributed by atoms with Crippen LogP contribution >= 0.6 is 11.3 Å². The molecule has 2 aliphatic rings. The molecule has 6 aromatic carbocycles. The zero-order valence-corrected chi connectivity index (χ0v) is 22.8. The molecule has 41 heavy (non-hydrogen) atoms. The van der Waals surface area contributed by atoms with Gasteiger partial charge in [0.1, 0.15) is 23.0 Å².